The van der Waals surface area contributed by atoms with E-state index in [4.69, 9.17) is 40.5 Å². The molecule has 1 aromatic carbocycles. The first-order valence-electron chi connectivity index (χ1n) is 5.48. The average Bonchev–Trinajstić information content (AvgIpc) is 2.33. The third kappa shape index (κ3) is 3.57. The lowest BCUT2D eigenvalue weighted by molar-refractivity contribution is 0.621. The van der Waals surface area contributed by atoms with Gasteiger partial charge in [-0.3, -0.25) is 4.98 Å². The molecule has 0 radical (unpaired) electrons. The second kappa shape index (κ2) is 6.06. The van der Waals surface area contributed by atoms with Gasteiger partial charge in [0.25, 0.3) is 0 Å². The van der Waals surface area contributed by atoms with E-state index in [0.717, 1.165) is 5.56 Å². The topological polar surface area (TPSA) is 38.9 Å². The number of halogens is 4. The summed E-state index contributed by atoms with van der Waals surface area (Å²) in [6.07, 6.45) is 1.88. The molecule has 6 heteroatoms. The van der Waals surface area contributed by atoms with Crippen LogP contribution in [0.1, 0.15) is 17.3 Å². The van der Waals surface area contributed by atoms with E-state index in [2.05, 4.69) is 4.98 Å². The van der Waals surface area contributed by atoms with Crippen molar-refractivity contribution >= 4 is 34.8 Å². The predicted molar refractivity (Wildman–Crippen MR) is 76.3 cm³/mol. The molecule has 1 heterocycles. The minimum Gasteiger partial charge on any atom is -0.322 e. The van der Waals surface area contributed by atoms with Crippen LogP contribution in [0.3, 0.4) is 0 Å². The molecule has 0 saturated carbocycles. The average molecular weight is 320 g/mol. The smallest absolute Gasteiger partial charge is 0.142 e. The minimum absolute atomic E-state index is 0.0833. The number of hydrogen-bond acceptors (Lipinski definition) is 2. The first-order valence-corrected chi connectivity index (χ1v) is 6.61. The van der Waals surface area contributed by atoms with E-state index < -0.39 is 11.9 Å². The molecule has 2 aromatic rings. The number of hydrogen-bond donors (Lipinski definition) is 1. The molecule has 0 aliphatic carbocycles. The summed E-state index contributed by atoms with van der Waals surface area (Å²) in [5, 5.41) is 0.924. The second-order valence-electron chi connectivity index (χ2n) is 4.08. The van der Waals surface area contributed by atoms with Crippen LogP contribution in [0.5, 0.6) is 0 Å². The number of benzene rings is 1. The van der Waals surface area contributed by atoms with E-state index in [9.17, 15) is 4.39 Å². The highest BCUT2D eigenvalue weighted by Gasteiger charge is 2.14. The number of nitrogens with two attached hydrogens (primary N) is 1. The fraction of sp³-hybridized carbons (Fsp3) is 0.154. The summed E-state index contributed by atoms with van der Waals surface area (Å²) in [6, 6.07) is 5.70. The van der Waals surface area contributed by atoms with Gasteiger partial charge in [0, 0.05) is 6.20 Å². The molecule has 0 aliphatic heterocycles. The van der Waals surface area contributed by atoms with Crippen molar-refractivity contribution in [2.75, 3.05) is 0 Å². The van der Waals surface area contributed by atoms with Crippen molar-refractivity contribution in [3.8, 4) is 0 Å². The molecule has 1 aromatic heterocycles. The Labute approximate surface area is 125 Å². The highest BCUT2D eigenvalue weighted by Crippen LogP contribution is 2.25. The van der Waals surface area contributed by atoms with Gasteiger partial charge in [-0.25, -0.2) is 4.39 Å². The lowest BCUT2D eigenvalue weighted by atomic mass is 10.0. The number of aromatic nitrogens is 1. The molecule has 0 amide bonds. The summed E-state index contributed by atoms with van der Waals surface area (Å²) >= 11 is 17.4. The van der Waals surface area contributed by atoms with Gasteiger partial charge in [0.15, 0.2) is 0 Å². The maximum atomic E-state index is 13.3. The van der Waals surface area contributed by atoms with Gasteiger partial charge < -0.3 is 5.73 Å². The third-order valence-corrected chi connectivity index (χ3v) is 3.44. The van der Waals surface area contributed by atoms with Crippen LogP contribution in [-0.2, 0) is 6.42 Å². The van der Waals surface area contributed by atoms with Crippen molar-refractivity contribution in [3.63, 3.8) is 0 Å². The standard InChI is InChI=1S/C13H10Cl3FN2/c14-8-5-10(16)13(19-6-8)12(18)4-7-1-2-9(15)11(17)3-7/h1-3,5-6,12H,4,18H2. The highest BCUT2D eigenvalue weighted by atomic mass is 35.5. The molecule has 2 nitrogen and oxygen atoms in total. The van der Waals surface area contributed by atoms with Gasteiger partial charge in [0.2, 0.25) is 0 Å². The molecule has 19 heavy (non-hydrogen) atoms. The Morgan fingerprint density at radius 3 is 2.53 bits per heavy atom. The summed E-state index contributed by atoms with van der Waals surface area (Å²) in [6.45, 7) is 0. The number of rotatable bonds is 3. The van der Waals surface area contributed by atoms with Gasteiger partial charge in [0.05, 0.1) is 26.8 Å². The van der Waals surface area contributed by atoms with Gasteiger partial charge in [-0.15, -0.1) is 0 Å². The van der Waals surface area contributed by atoms with Crippen molar-refractivity contribution in [1.82, 2.24) is 4.98 Å². The van der Waals surface area contributed by atoms with Gasteiger partial charge in [0.1, 0.15) is 5.82 Å². The molecular weight excluding hydrogens is 310 g/mol. The van der Waals surface area contributed by atoms with E-state index in [1.807, 2.05) is 0 Å². The highest BCUT2D eigenvalue weighted by molar-refractivity contribution is 6.34. The van der Waals surface area contributed by atoms with Gasteiger partial charge in [-0.2, -0.15) is 0 Å². The first-order chi connectivity index (χ1) is 8.97. The largest absolute Gasteiger partial charge is 0.322 e. The molecule has 0 aliphatic rings. The third-order valence-electron chi connectivity index (χ3n) is 2.63. The van der Waals surface area contributed by atoms with Crippen molar-refractivity contribution in [3.05, 3.63) is 62.6 Å². The maximum absolute atomic E-state index is 13.3. The Morgan fingerprint density at radius 1 is 1.16 bits per heavy atom. The van der Waals surface area contributed by atoms with Crippen molar-refractivity contribution in [2.24, 2.45) is 5.73 Å². The van der Waals surface area contributed by atoms with Crippen LogP contribution in [0.2, 0.25) is 15.1 Å². The van der Waals surface area contributed by atoms with E-state index >= 15 is 0 Å². The first kappa shape index (κ1) is 14.5. The lowest BCUT2D eigenvalue weighted by Gasteiger charge is -2.13. The van der Waals surface area contributed by atoms with Crippen LogP contribution in [0.25, 0.3) is 0 Å². The molecule has 1 atom stereocenters. The Hall–Kier alpha value is -0.870. The van der Waals surface area contributed by atoms with Gasteiger partial charge in [-0.05, 0) is 30.2 Å². The summed E-state index contributed by atoms with van der Waals surface area (Å²) in [5.41, 5.74) is 7.27. The van der Waals surface area contributed by atoms with Crippen molar-refractivity contribution in [2.45, 2.75) is 12.5 Å². The van der Waals surface area contributed by atoms with Crippen LogP contribution in [-0.4, -0.2) is 4.98 Å². The zero-order chi connectivity index (χ0) is 14.0. The molecule has 100 valence electrons. The summed E-state index contributed by atoms with van der Waals surface area (Å²) in [7, 11) is 0. The van der Waals surface area contributed by atoms with Crippen LogP contribution in [0.15, 0.2) is 30.5 Å². The van der Waals surface area contributed by atoms with Crippen molar-refractivity contribution < 1.29 is 4.39 Å². The van der Waals surface area contributed by atoms with E-state index in [1.165, 1.54) is 18.3 Å². The SMILES string of the molecule is NC(Cc1ccc(Cl)c(F)c1)c1ncc(Cl)cc1Cl. The fourth-order valence-corrected chi connectivity index (χ4v) is 2.35. The predicted octanol–water partition coefficient (Wildman–Crippen LogP) is 4.42. The molecule has 1 unspecified atom stereocenters. The zero-order valence-corrected chi connectivity index (χ0v) is 12.0. The van der Waals surface area contributed by atoms with E-state index in [1.54, 1.807) is 12.1 Å². The number of pyridine rings is 1. The van der Waals surface area contributed by atoms with Crippen LogP contribution in [0, 0.1) is 5.82 Å². The molecular formula is C13H10Cl3FN2. The Balaban J connectivity index is 2.20. The van der Waals surface area contributed by atoms with Crippen LogP contribution in [0.4, 0.5) is 4.39 Å². The second-order valence-corrected chi connectivity index (χ2v) is 5.33. The van der Waals surface area contributed by atoms with E-state index in [-0.39, 0.29) is 5.02 Å². The Bertz CT molecular complexity index is 604. The zero-order valence-electron chi connectivity index (χ0n) is 9.71. The lowest BCUT2D eigenvalue weighted by Crippen LogP contribution is -2.15. The normalized spacial score (nSPS) is 12.5. The fourth-order valence-electron chi connectivity index (χ4n) is 1.72. The van der Waals surface area contributed by atoms with Gasteiger partial charge >= 0.3 is 0 Å². The quantitative estimate of drug-likeness (QED) is 0.909. The van der Waals surface area contributed by atoms with Crippen molar-refractivity contribution in [1.29, 1.82) is 0 Å². The monoisotopic (exact) mass is 318 g/mol. The summed E-state index contributed by atoms with van der Waals surface area (Å²) in [5.74, 6) is -0.471. The van der Waals surface area contributed by atoms with Gasteiger partial charge in [-0.1, -0.05) is 40.9 Å². The van der Waals surface area contributed by atoms with E-state index in [0.29, 0.717) is 22.2 Å². The maximum Gasteiger partial charge on any atom is 0.142 e. The summed E-state index contributed by atoms with van der Waals surface area (Å²) < 4.78 is 13.3. The minimum atomic E-state index is -0.471. The Morgan fingerprint density at radius 2 is 1.89 bits per heavy atom. The molecule has 2 N–H and O–H groups in total. The molecule has 0 saturated heterocycles. The van der Waals surface area contributed by atoms with Crippen LogP contribution >= 0.6 is 34.8 Å². The number of nitrogens with zero attached hydrogens (tertiary/aromatic N) is 1. The Kier molecular flexibility index (Phi) is 4.63. The molecule has 0 fully saturated rings. The molecule has 0 spiro atoms. The summed E-state index contributed by atoms with van der Waals surface area (Å²) in [4.78, 5) is 4.11. The van der Waals surface area contributed by atoms with Crippen LogP contribution < -0.4 is 5.73 Å². The molecule has 0 bridgehead atoms. The molecule has 2 rings (SSSR count).